The van der Waals surface area contributed by atoms with Crippen LogP contribution in [0.1, 0.15) is 78.6 Å². The van der Waals surface area contributed by atoms with Crippen molar-refractivity contribution in [2.75, 3.05) is 12.3 Å². The number of aliphatic hydroxyl groups is 1. The lowest BCUT2D eigenvalue weighted by Crippen LogP contribution is -2.60. The van der Waals surface area contributed by atoms with Gasteiger partial charge in [-0.15, -0.1) is 18.3 Å². The molecule has 2 bridgehead atoms. The summed E-state index contributed by atoms with van der Waals surface area (Å²) >= 11 is 1.63. The molecule has 3 aliphatic carbocycles. The third-order valence-corrected chi connectivity index (χ3v) is 10.8. The summed E-state index contributed by atoms with van der Waals surface area (Å²) in [7, 11) is 0. The van der Waals surface area contributed by atoms with E-state index in [9.17, 15) is 14.7 Å². The lowest BCUT2D eigenvalue weighted by Gasteiger charge is -2.59. The molecule has 6 heteroatoms. The van der Waals surface area contributed by atoms with Crippen LogP contribution in [0.3, 0.4) is 0 Å². The predicted molar refractivity (Wildman–Crippen MR) is 128 cm³/mol. The number of thioether (sulfide) groups is 1. The lowest BCUT2D eigenvalue weighted by atomic mass is 9.46. The molecule has 0 radical (unpaired) electrons. The highest BCUT2D eigenvalue weighted by Gasteiger charge is 2.66. The fourth-order valence-corrected chi connectivity index (χ4v) is 8.58. The molecule has 180 valence electrons. The maximum absolute atomic E-state index is 13.3. The van der Waals surface area contributed by atoms with Crippen molar-refractivity contribution in [3.8, 4) is 0 Å². The van der Waals surface area contributed by atoms with E-state index in [4.69, 9.17) is 4.74 Å². The second-order valence-electron chi connectivity index (χ2n) is 11.4. The zero-order valence-electron chi connectivity index (χ0n) is 20.0. The smallest absolute Gasteiger partial charge is 0.316 e. The van der Waals surface area contributed by atoms with E-state index in [2.05, 4.69) is 25.7 Å². The minimum atomic E-state index is -0.613. The molecular weight excluding hydrogens is 422 g/mol. The van der Waals surface area contributed by atoms with Crippen LogP contribution < -0.4 is 5.32 Å². The Morgan fingerprint density at radius 1 is 1.28 bits per heavy atom. The minimum Gasteiger partial charge on any atom is -0.461 e. The highest BCUT2D eigenvalue weighted by atomic mass is 32.2. The summed E-state index contributed by atoms with van der Waals surface area (Å²) in [6.45, 7) is 11.4. The van der Waals surface area contributed by atoms with Crippen molar-refractivity contribution in [3.63, 3.8) is 0 Å². The maximum Gasteiger partial charge on any atom is 0.316 e. The average molecular weight is 464 g/mol. The van der Waals surface area contributed by atoms with Crippen molar-refractivity contribution in [3.05, 3.63) is 12.7 Å². The molecule has 4 fully saturated rings. The van der Waals surface area contributed by atoms with Gasteiger partial charge in [0.2, 0.25) is 0 Å². The summed E-state index contributed by atoms with van der Waals surface area (Å²) in [6, 6.07) is 0. The Morgan fingerprint density at radius 3 is 2.75 bits per heavy atom. The number of ether oxygens (including phenoxy) is 1. The highest BCUT2D eigenvalue weighted by Crippen LogP contribution is 2.66. The van der Waals surface area contributed by atoms with Crippen LogP contribution in [0.2, 0.25) is 0 Å². The van der Waals surface area contributed by atoms with E-state index >= 15 is 0 Å². The molecule has 0 aromatic carbocycles. The summed E-state index contributed by atoms with van der Waals surface area (Å²) in [4.78, 5) is 26.3. The molecule has 4 aliphatic rings. The molecule has 0 amide bonds. The fourth-order valence-electron chi connectivity index (χ4n) is 7.61. The van der Waals surface area contributed by atoms with Crippen LogP contribution in [0, 0.1) is 28.1 Å². The Balaban J connectivity index is 1.61. The van der Waals surface area contributed by atoms with Gasteiger partial charge >= 0.3 is 5.97 Å². The fraction of sp³-hybridized carbons (Fsp3) is 0.846. The largest absolute Gasteiger partial charge is 0.461 e. The van der Waals surface area contributed by atoms with E-state index in [-0.39, 0.29) is 23.2 Å². The van der Waals surface area contributed by atoms with E-state index < -0.39 is 23.0 Å². The SMILES string of the molecule is C=C[C@]1(C)C[C@@H](OC(=O)CS[C@@H]2CCCCN2)[C@]2(C)CCCC3(CCC(=O)C32)[C@@H](C)C1O. The Labute approximate surface area is 197 Å². The van der Waals surface area contributed by atoms with E-state index in [1.165, 1.54) is 12.8 Å². The van der Waals surface area contributed by atoms with Crippen molar-refractivity contribution in [1.29, 1.82) is 0 Å². The lowest BCUT2D eigenvalue weighted by molar-refractivity contribution is -0.193. The first-order chi connectivity index (χ1) is 15.2. The van der Waals surface area contributed by atoms with Crippen molar-refractivity contribution < 1.29 is 19.4 Å². The van der Waals surface area contributed by atoms with Gasteiger partial charge in [0.15, 0.2) is 0 Å². The molecule has 0 aromatic heterocycles. The monoisotopic (exact) mass is 463 g/mol. The van der Waals surface area contributed by atoms with Crippen LogP contribution in [-0.2, 0) is 14.3 Å². The van der Waals surface area contributed by atoms with Gasteiger partial charge in [0.05, 0.1) is 17.2 Å². The molecule has 3 saturated carbocycles. The number of esters is 1. The number of rotatable bonds is 5. The van der Waals surface area contributed by atoms with Crippen molar-refractivity contribution in [1.82, 2.24) is 5.32 Å². The van der Waals surface area contributed by atoms with Crippen LogP contribution in [0.15, 0.2) is 12.7 Å². The number of ketones is 1. The van der Waals surface area contributed by atoms with E-state index in [0.717, 1.165) is 38.6 Å². The molecule has 3 unspecified atom stereocenters. The first-order valence-electron chi connectivity index (χ1n) is 12.6. The normalized spacial score (nSPS) is 46.6. The quantitative estimate of drug-likeness (QED) is 0.462. The van der Waals surface area contributed by atoms with Gasteiger partial charge in [-0.25, -0.2) is 0 Å². The number of carbonyl (C=O) groups excluding carboxylic acids is 2. The third kappa shape index (κ3) is 3.98. The second kappa shape index (κ2) is 9.07. The van der Waals surface area contributed by atoms with Crippen LogP contribution >= 0.6 is 11.8 Å². The van der Waals surface area contributed by atoms with Crippen LogP contribution in [0.4, 0.5) is 0 Å². The van der Waals surface area contributed by atoms with Gasteiger partial charge in [-0.2, -0.15) is 0 Å². The van der Waals surface area contributed by atoms with Gasteiger partial charge in [-0.1, -0.05) is 33.3 Å². The number of hydrogen-bond acceptors (Lipinski definition) is 6. The van der Waals surface area contributed by atoms with Gasteiger partial charge < -0.3 is 15.2 Å². The van der Waals surface area contributed by atoms with Gasteiger partial charge in [-0.3, -0.25) is 9.59 Å². The number of piperidine rings is 1. The van der Waals surface area contributed by atoms with Gasteiger partial charge in [-0.05, 0) is 62.8 Å². The standard InChI is InChI=1S/C26H41NO4S/c1-5-24(3)15-19(31-21(29)16-32-20-9-6-7-14-27-20)25(4)11-8-12-26(17(2)23(24)30)13-10-18(28)22(25)26/h5,17,19-20,22-23,27,30H,1,6-16H2,2-4H3/t17-,19+,20+,22?,23?,24+,25-,26?/m0/s1. The summed E-state index contributed by atoms with van der Waals surface area (Å²) in [5.41, 5.74) is -1.17. The first kappa shape index (κ1) is 24.3. The maximum atomic E-state index is 13.3. The van der Waals surface area contributed by atoms with Gasteiger partial charge in [0.25, 0.3) is 0 Å². The molecule has 2 N–H and O–H groups in total. The number of Topliss-reactive ketones (excluding diaryl/α,β-unsaturated/α-hetero) is 1. The zero-order valence-corrected chi connectivity index (χ0v) is 20.8. The molecule has 32 heavy (non-hydrogen) atoms. The topological polar surface area (TPSA) is 75.6 Å². The van der Waals surface area contributed by atoms with Gasteiger partial charge in [0.1, 0.15) is 11.9 Å². The molecule has 0 aromatic rings. The number of hydrogen-bond donors (Lipinski definition) is 2. The van der Waals surface area contributed by atoms with Crippen molar-refractivity contribution >= 4 is 23.5 Å². The summed E-state index contributed by atoms with van der Waals surface area (Å²) in [5, 5.41) is 15.3. The molecule has 1 heterocycles. The molecule has 1 saturated heterocycles. The molecule has 1 aliphatic heterocycles. The van der Waals surface area contributed by atoms with Crippen LogP contribution in [0.5, 0.6) is 0 Å². The Morgan fingerprint density at radius 2 is 2.06 bits per heavy atom. The van der Waals surface area contributed by atoms with E-state index in [0.29, 0.717) is 29.8 Å². The summed E-state index contributed by atoms with van der Waals surface area (Å²) in [6.07, 6.45) is 9.09. The second-order valence-corrected chi connectivity index (χ2v) is 12.6. The molecule has 5 nitrogen and oxygen atoms in total. The van der Waals surface area contributed by atoms with Crippen LogP contribution in [0.25, 0.3) is 0 Å². The highest BCUT2D eigenvalue weighted by molar-refractivity contribution is 8.00. The van der Waals surface area contributed by atoms with Crippen molar-refractivity contribution in [2.45, 2.75) is 96.1 Å². The van der Waals surface area contributed by atoms with Crippen LogP contribution in [-0.4, -0.2) is 46.7 Å². The van der Waals surface area contributed by atoms with Crippen molar-refractivity contribution in [2.24, 2.45) is 28.1 Å². The number of nitrogens with one attached hydrogen (secondary N) is 1. The molecule has 0 spiro atoms. The summed E-state index contributed by atoms with van der Waals surface area (Å²) in [5.74, 6) is 0.275. The minimum absolute atomic E-state index is 0.00570. The Hall–Kier alpha value is -0.850. The third-order valence-electron chi connectivity index (χ3n) is 9.58. The van der Waals surface area contributed by atoms with Gasteiger partial charge in [0, 0.05) is 23.2 Å². The van der Waals surface area contributed by atoms with E-state index in [1.54, 1.807) is 11.8 Å². The average Bonchev–Trinajstić information content (AvgIpc) is 3.15. The Bertz CT molecular complexity index is 752. The first-order valence-corrected chi connectivity index (χ1v) is 13.6. The van der Waals surface area contributed by atoms with E-state index in [1.807, 2.05) is 13.0 Å². The molecule has 4 rings (SSSR count). The Kier molecular flexibility index (Phi) is 6.88. The molecule has 8 atom stereocenters. The predicted octanol–water partition coefficient (Wildman–Crippen LogP) is 4.48. The number of aliphatic hydroxyl groups excluding tert-OH is 1. The zero-order chi connectivity index (χ0) is 23.1. The summed E-state index contributed by atoms with van der Waals surface area (Å²) < 4.78 is 6.24. The number of carbonyl (C=O) groups is 2. The molecular formula is C26H41NO4S.